The van der Waals surface area contributed by atoms with Gasteiger partial charge in [0, 0.05) is 10.6 Å². The summed E-state index contributed by atoms with van der Waals surface area (Å²) in [5, 5.41) is 0.286. The minimum atomic E-state index is -0.443. The Bertz CT molecular complexity index is 485. The number of hydrogen-bond donors (Lipinski definition) is 0. The van der Waals surface area contributed by atoms with Gasteiger partial charge in [-0.15, -0.1) is 0 Å². The van der Waals surface area contributed by atoms with Gasteiger partial charge in [0.2, 0.25) is 0 Å². The lowest BCUT2D eigenvalue weighted by Crippen LogP contribution is -1.78. The molecule has 0 bridgehead atoms. The maximum Gasteiger partial charge on any atom is 0.185 e. The predicted molar refractivity (Wildman–Crippen MR) is 54.5 cm³/mol. The van der Waals surface area contributed by atoms with Crippen molar-refractivity contribution in [2.24, 2.45) is 0 Å². The first-order valence-corrected chi connectivity index (χ1v) is 4.58. The summed E-state index contributed by atoms with van der Waals surface area (Å²) in [6.07, 6.45) is 0.588. The zero-order valence-electron chi connectivity index (χ0n) is 7.54. The number of carbonyl (C=O) groups is 1. The Balaban J connectivity index is 2.48. The molecule has 1 heterocycles. The van der Waals surface area contributed by atoms with Crippen LogP contribution in [-0.4, -0.2) is 6.29 Å². The van der Waals surface area contributed by atoms with Crippen LogP contribution >= 0.6 is 11.6 Å². The normalized spacial score (nSPS) is 10.3. The van der Waals surface area contributed by atoms with Crippen molar-refractivity contribution in [1.29, 1.82) is 0 Å². The first kappa shape index (κ1) is 9.93. The second kappa shape index (κ2) is 3.87. The Hall–Kier alpha value is -1.61. The van der Waals surface area contributed by atoms with E-state index in [0.29, 0.717) is 17.6 Å². The summed E-state index contributed by atoms with van der Waals surface area (Å²) in [4.78, 5) is 10.4. The highest BCUT2D eigenvalue weighted by molar-refractivity contribution is 6.30. The molecule has 76 valence electrons. The molecule has 15 heavy (non-hydrogen) atoms. The number of benzene rings is 1. The lowest BCUT2D eigenvalue weighted by Gasteiger charge is -1.98. The van der Waals surface area contributed by atoms with Crippen LogP contribution in [0.4, 0.5) is 4.39 Å². The number of furan rings is 1. The first-order chi connectivity index (χ1) is 7.19. The molecule has 2 rings (SSSR count). The van der Waals surface area contributed by atoms with Crippen LogP contribution in [0.25, 0.3) is 11.3 Å². The number of hydrogen-bond acceptors (Lipinski definition) is 2. The van der Waals surface area contributed by atoms with E-state index in [1.165, 1.54) is 18.2 Å². The van der Waals surface area contributed by atoms with Gasteiger partial charge in [0.25, 0.3) is 0 Å². The number of rotatable bonds is 2. The van der Waals surface area contributed by atoms with Crippen molar-refractivity contribution < 1.29 is 13.6 Å². The fourth-order valence-electron chi connectivity index (χ4n) is 1.27. The van der Waals surface area contributed by atoms with Crippen LogP contribution in [-0.2, 0) is 0 Å². The molecule has 0 aliphatic heterocycles. The summed E-state index contributed by atoms with van der Waals surface area (Å²) in [6, 6.07) is 7.17. The van der Waals surface area contributed by atoms with E-state index in [1.54, 1.807) is 12.1 Å². The molecule has 0 amide bonds. The maximum absolute atomic E-state index is 13.0. The van der Waals surface area contributed by atoms with Crippen molar-refractivity contribution in [1.82, 2.24) is 0 Å². The van der Waals surface area contributed by atoms with E-state index in [9.17, 15) is 9.18 Å². The monoisotopic (exact) mass is 224 g/mol. The van der Waals surface area contributed by atoms with Gasteiger partial charge in [-0.3, -0.25) is 4.79 Å². The fourth-order valence-corrected chi connectivity index (χ4v) is 1.49. The summed E-state index contributed by atoms with van der Waals surface area (Å²) in [6.45, 7) is 0. The molecule has 0 aliphatic rings. The molecular weight excluding hydrogens is 219 g/mol. The average molecular weight is 225 g/mol. The maximum atomic E-state index is 13.0. The Kier molecular flexibility index (Phi) is 2.56. The van der Waals surface area contributed by atoms with Crippen molar-refractivity contribution >= 4 is 17.9 Å². The molecule has 0 radical (unpaired) electrons. The van der Waals surface area contributed by atoms with Crippen molar-refractivity contribution in [2.45, 2.75) is 0 Å². The van der Waals surface area contributed by atoms with Gasteiger partial charge < -0.3 is 4.42 Å². The Morgan fingerprint density at radius 3 is 2.67 bits per heavy atom. The van der Waals surface area contributed by atoms with Crippen molar-refractivity contribution in [3.8, 4) is 11.3 Å². The SMILES string of the molecule is O=Cc1ccc(-c2cc(F)cc(Cl)c2)o1. The third-order valence-electron chi connectivity index (χ3n) is 1.89. The van der Waals surface area contributed by atoms with E-state index in [2.05, 4.69) is 0 Å². The predicted octanol–water partition coefficient (Wildman–Crippen LogP) is 3.55. The van der Waals surface area contributed by atoms with Gasteiger partial charge in [-0.2, -0.15) is 0 Å². The van der Waals surface area contributed by atoms with Gasteiger partial charge in [-0.25, -0.2) is 4.39 Å². The molecule has 1 aromatic heterocycles. The number of carbonyl (C=O) groups excluding carboxylic acids is 1. The molecule has 0 unspecified atom stereocenters. The third kappa shape index (κ3) is 2.07. The summed E-state index contributed by atoms with van der Waals surface area (Å²) in [7, 11) is 0. The van der Waals surface area contributed by atoms with E-state index in [4.69, 9.17) is 16.0 Å². The van der Waals surface area contributed by atoms with Gasteiger partial charge in [0.05, 0.1) is 0 Å². The van der Waals surface area contributed by atoms with E-state index in [1.807, 2.05) is 0 Å². The second-order valence-electron chi connectivity index (χ2n) is 2.98. The fraction of sp³-hybridized carbons (Fsp3) is 0. The van der Waals surface area contributed by atoms with E-state index < -0.39 is 5.82 Å². The lowest BCUT2D eigenvalue weighted by molar-refractivity contribution is 0.110. The second-order valence-corrected chi connectivity index (χ2v) is 3.41. The van der Waals surface area contributed by atoms with Crippen molar-refractivity contribution in [3.05, 3.63) is 46.9 Å². The Morgan fingerprint density at radius 2 is 2.07 bits per heavy atom. The number of halogens is 2. The van der Waals surface area contributed by atoms with E-state index in [-0.39, 0.29) is 10.8 Å². The Morgan fingerprint density at radius 1 is 1.27 bits per heavy atom. The standard InChI is InChI=1S/C11H6ClFO2/c12-8-3-7(4-9(13)5-8)11-2-1-10(6-14)15-11/h1-6H. The van der Waals surface area contributed by atoms with Crippen LogP contribution in [0.2, 0.25) is 5.02 Å². The molecule has 1 aromatic carbocycles. The molecule has 4 heteroatoms. The van der Waals surface area contributed by atoms with Gasteiger partial charge in [0.1, 0.15) is 11.6 Å². The summed E-state index contributed by atoms with van der Waals surface area (Å²) < 4.78 is 18.1. The molecule has 0 aliphatic carbocycles. The smallest absolute Gasteiger partial charge is 0.185 e. The zero-order valence-corrected chi connectivity index (χ0v) is 8.29. The van der Waals surface area contributed by atoms with Crippen molar-refractivity contribution in [3.63, 3.8) is 0 Å². The van der Waals surface area contributed by atoms with Gasteiger partial charge in [-0.1, -0.05) is 11.6 Å². The van der Waals surface area contributed by atoms with Gasteiger partial charge in [-0.05, 0) is 30.3 Å². The molecule has 0 atom stereocenters. The van der Waals surface area contributed by atoms with E-state index >= 15 is 0 Å². The average Bonchev–Trinajstić information content (AvgIpc) is 2.64. The zero-order chi connectivity index (χ0) is 10.8. The minimum Gasteiger partial charge on any atom is -0.453 e. The first-order valence-electron chi connectivity index (χ1n) is 4.20. The molecule has 2 aromatic rings. The molecule has 0 N–H and O–H groups in total. The molecule has 0 fully saturated rings. The minimum absolute atomic E-state index is 0.199. The van der Waals surface area contributed by atoms with Crippen LogP contribution < -0.4 is 0 Å². The quantitative estimate of drug-likeness (QED) is 0.731. The largest absolute Gasteiger partial charge is 0.453 e. The van der Waals surface area contributed by atoms with Crippen molar-refractivity contribution in [2.75, 3.05) is 0 Å². The van der Waals surface area contributed by atoms with Crippen LogP contribution in [0.1, 0.15) is 10.6 Å². The van der Waals surface area contributed by atoms with Crippen LogP contribution in [0.3, 0.4) is 0 Å². The van der Waals surface area contributed by atoms with Crippen LogP contribution in [0, 0.1) is 5.82 Å². The third-order valence-corrected chi connectivity index (χ3v) is 2.11. The molecule has 0 spiro atoms. The van der Waals surface area contributed by atoms with Crippen LogP contribution in [0.15, 0.2) is 34.7 Å². The topological polar surface area (TPSA) is 30.2 Å². The van der Waals surface area contributed by atoms with Gasteiger partial charge >= 0.3 is 0 Å². The van der Waals surface area contributed by atoms with Gasteiger partial charge in [0.15, 0.2) is 12.0 Å². The summed E-state index contributed by atoms with van der Waals surface area (Å²) in [5.41, 5.74) is 0.508. The lowest BCUT2D eigenvalue weighted by atomic mass is 10.2. The molecule has 0 saturated heterocycles. The summed E-state index contributed by atoms with van der Waals surface area (Å²) >= 11 is 5.69. The van der Waals surface area contributed by atoms with E-state index in [0.717, 1.165) is 0 Å². The Labute approximate surface area is 90.3 Å². The highest BCUT2D eigenvalue weighted by atomic mass is 35.5. The number of aldehydes is 1. The summed E-state index contributed by atoms with van der Waals surface area (Å²) in [5.74, 6) is 0.172. The van der Waals surface area contributed by atoms with Crippen LogP contribution in [0.5, 0.6) is 0 Å². The molecule has 2 nitrogen and oxygen atoms in total. The highest BCUT2D eigenvalue weighted by Gasteiger charge is 2.06. The molecule has 0 saturated carbocycles. The molecular formula is C11H6ClFO2. The highest BCUT2D eigenvalue weighted by Crippen LogP contribution is 2.25.